The van der Waals surface area contributed by atoms with E-state index >= 15 is 0 Å². The largest absolute Gasteiger partial charge is 0.393 e. The second-order valence-electron chi connectivity index (χ2n) is 9.08. The van der Waals surface area contributed by atoms with E-state index in [1.165, 1.54) is 5.57 Å². The van der Waals surface area contributed by atoms with E-state index in [1.54, 1.807) is 0 Å². The van der Waals surface area contributed by atoms with E-state index in [2.05, 4.69) is 13.8 Å². The third kappa shape index (κ3) is 2.05. The van der Waals surface area contributed by atoms with Crippen molar-refractivity contribution in [1.82, 2.24) is 0 Å². The molecule has 0 radical (unpaired) electrons. The summed E-state index contributed by atoms with van der Waals surface area (Å²) in [6.07, 6.45) is 4.85. The summed E-state index contributed by atoms with van der Waals surface area (Å²) in [6.45, 7) is 4.40. The number of aliphatic hydroxyl groups is 4. The lowest BCUT2D eigenvalue weighted by Gasteiger charge is -2.58. The van der Waals surface area contributed by atoms with E-state index in [1.807, 2.05) is 6.08 Å². The zero-order valence-corrected chi connectivity index (χ0v) is 14.2. The van der Waals surface area contributed by atoms with Gasteiger partial charge >= 0.3 is 0 Å². The zero-order valence-electron chi connectivity index (χ0n) is 14.2. The molecule has 0 bridgehead atoms. The molecule has 4 unspecified atom stereocenters. The van der Waals surface area contributed by atoms with Gasteiger partial charge in [0.25, 0.3) is 0 Å². The molecule has 4 N–H and O–H groups in total. The summed E-state index contributed by atoms with van der Waals surface area (Å²) in [5.74, 6) is 0.674. The topological polar surface area (TPSA) is 80.9 Å². The van der Waals surface area contributed by atoms with Crippen molar-refractivity contribution in [2.24, 2.45) is 28.6 Å². The molecule has 0 saturated heterocycles. The van der Waals surface area contributed by atoms with Crippen LogP contribution in [-0.2, 0) is 0 Å². The van der Waals surface area contributed by atoms with Gasteiger partial charge in [-0.15, -0.1) is 0 Å². The average Bonchev–Trinajstić information content (AvgIpc) is 2.73. The van der Waals surface area contributed by atoms with Gasteiger partial charge in [0, 0.05) is 0 Å². The Bertz CT molecular complexity index is 531. The van der Waals surface area contributed by atoms with Crippen LogP contribution in [0.25, 0.3) is 0 Å². The van der Waals surface area contributed by atoms with Crippen molar-refractivity contribution >= 4 is 0 Å². The predicted molar refractivity (Wildman–Crippen MR) is 86.5 cm³/mol. The lowest BCUT2D eigenvalue weighted by molar-refractivity contribution is -0.110. The van der Waals surface area contributed by atoms with Crippen LogP contribution in [0.5, 0.6) is 0 Å². The lowest BCUT2D eigenvalue weighted by Crippen LogP contribution is -2.55. The summed E-state index contributed by atoms with van der Waals surface area (Å²) < 4.78 is 0. The fraction of sp³-hybridized carbons (Fsp3) is 0.895. The standard InChI is InChI=1S/C19H30O4/c1-18-5-3-11(20)7-10(18)8-14(21)16-12(18)4-6-19(2)13(16)9-15(22)17(19)23/h8,11-17,20-23H,3-7,9H2,1-2H3/t11-,12?,13?,14?,15-,16?,17+,18+,19+/m1/s1. The Morgan fingerprint density at radius 1 is 1.00 bits per heavy atom. The van der Waals surface area contributed by atoms with Gasteiger partial charge in [-0.1, -0.05) is 25.5 Å². The predicted octanol–water partition coefficient (Wildman–Crippen LogP) is 1.61. The van der Waals surface area contributed by atoms with E-state index in [0.717, 1.165) is 25.7 Å². The molecule has 0 heterocycles. The Labute approximate surface area is 138 Å². The molecule has 0 aliphatic heterocycles. The number of hydrogen-bond donors (Lipinski definition) is 4. The summed E-state index contributed by atoms with van der Waals surface area (Å²) in [5.41, 5.74) is 1.01. The molecule has 9 atom stereocenters. The van der Waals surface area contributed by atoms with E-state index in [0.29, 0.717) is 18.8 Å². The Hall–Kier alpha value is -0.420. The van der Waals surface area contributed by atoms with Crippen LogP contribution in [0.4, 0.5) is 0 Å². The Morgan fingerprint density at radius 3 is 2.48 bits per heavy atom. The van der Waals surface area contributed by atoms with Crippen molar-refractivity contribution in [3.63, 3.8) is 0 Å². The number of rotatable bonds is 0. The van der Waals surface area contributed by atoms with E-state index in [9.17, 15) is 20.4 Å². The first-order valence-corrected chi connectivity index (χ1v) is 9.21. The Kier molecular flexibility index (Phi) is 3.52. The van der Waals surface area contributed by atoms with Crippen LogP contribution in [0, 0.1) is 28.6 Å². The van der Waals surface area contributed by atoms with Crippen LogP contribution in [0.3, 0.4) is 0 Å². The van der Waals surface area contributed by atoms with Crippen LogP contribution in [-0.4, -0.2) is 44.8 Å². The molecular weight excluding hydrogens is 292 g/mol. The maximum Gasteiger partial charge on any atom is 0.0855 e. The molecule has 3 saturated carbocycles. The normalized spacial score (nSPS) is 58.9. The summed E-state index contributed by atoms with van der Waals surface area (Å²) in [4.78, 5) is 0. The molecule has 3 fully saturated rings. The molecule has 4 heteroatoms. The molecule has 23 heavy (non-hydrogen) atoms. The Balaban J connectivity index is 1.73. The quantitative estimate of drug-likeness (QED) is 0.511. The van der Waals surface area contributed by atoms with Crippen LogP contribution < -0.4 is 0 Å². The second kappa shape index (κ2) is 5.04. The molecule has 0 spiro atoms. The van der Waals surface area contributed by atoms with Crippen LogP contribution in [0.15, 0.2) is 11.6 Å². The molecule has 4 rings (SSSR count). The molecule has 4 nitrogen and oxygen atoms in total. The molecule has 4 aliphatic carbocycles. The number of hydrogen-bond acceptors (Lipinski definition) is 4. The highest BCUT2D eigenvalue weighted by Crippen LogP contribution is 2.64. The van der Waals surface area contributed by atoms with Crippen LogP contribution in [0.1, 0.15) is 52.4 Å². The van der Waals surface area contributed by atoms with Gasteiger partial charge in [0.1, 0.15) is 0 Å². The minimum absolute atomic E-state index is 0.0585. The van der Waals surface area contributed by atoms with Gasteiger partial charge in [0.05, 0.1) is 24.4 Å². The van der Waals surface area contributed by atoms with Crippen molar-refractivity contribution in [1.29, 1.82) is 0 Å². The first kappa shape index (κ1) is 16.1. The molecule has 0 aromatic carbocycles. The van der Waals surface area contributed by atoms with Crippen molar-refractivity contribution in [2.45, 2.75) is 76.8 Å². The average molecular weight is 322 g/mol. The SMILES string of the molecule is C[C@]12CC[C@@H](O)CC1=CC(O)C1C2CC[C@@]2(C)C1C[C@@H](O)[C@@H]2O. The summed E-state index contributed by atoms with van der Waals surface area (Å²) in [7, 11) is 0. The maximum absolute atomic E-state index is 10.9. The summed E-state index contributed by atoms with van der Waals surface area (Å²) >= 11 is 0. The molecular formula is C19H30O4. The van der Waals surface area contributed by atoms with Gasteiger partial charge < -0.3 is 20.4 Å². The Morgan fingerprint density at radius 2 is 1.74 bits per heavy atom. The smallest absolute Gasteiger partial charge is 0.0855 e. The van der Waals surface area contributed by atoms with Crippen molar-refractivity contribution < 1.29 is 20.4 Å². The van der Waals surface area contributed by atoms with E-state index < -0.39 is 18.3 Å². The molecule has 0 amide bonds. The van der Waals surface area contributed by atoms with Gasteiger partial charge in [-0.05, 0) is 67.1 Å². The first-order chi connectivity index (χ1) is 10.8. The molecule has 0 aromatic rings. The molecule has 130 valence electrons. The highest BCUT2D eigenvalue weighted by Gasteiger charge is 2.62. The van der Waals surface area contributed by atoms with Crippen LogP contribution in [0.2, 0.25) is 0 Å². The van der Waals surface area contributed by atoms with Gasteiger partial charge in [-0.3, -0.25) is 0 Å². The summed E-state index contributed by atoms with van der Waals surface area (Å²) in [6, 6.07) is 0. The van der Waals surface area contributed by atoms with E-state index in [-0.39, 0.29) is 28.8 Å². The van der Waals surface area contributed by atoms with Gasteiger partial charge in [0.2, 0.25) is 0 Å². The first-order valence-electron chi connectivity index (χ1n) is 9.21. The minimum Gasteiger partial charge on any atom is -0.393 e. The van der Waals surface area contributed by atoms with Crippen molar-refractivity contribution in [2.75, 3.05) is 0 Å². The lowest BCUT2D eigenvalue weighted by atomic mass is 9.47. The zero-order chi connectivity index (χ0) is 16.6. The third-order valence-electron chi connectivity index (χ3n) is 8.08. The minimum atomic E-state index is -0.674. The maximum atomic E-state index is 10.9. The highest BCUT2D eigenvalue weighted by atomic mass is 16.3. The van der Waals surface area contributed by atoms with Gasteiger partial charge in [-0.25, -0.2) is 0 Å². The molecule has 4 aliphatic rings. The number of aliphatic hydroxyl groups excluding tert-OH is 4. The van der Waals surface area contributed by atoms with Crippen LogP contribution >= 0.6 is 0 Å². The fourth-order valence-electron chi connectivity index (χ4n) is 6.62. The van der Waals surface area contributed by atoms with Crippen molar-refractivity contribution in [3.8, 4) is 0 Å². The summed E-state index contributed by atoms with van der Waals surface area (Å²) in [5, 5.41) is 41.6. The number of fused-ring (bicyclic) bond motifs is 5. The third-order valence-corrected chi connectivity index (χ3v) is 8.08. The van der Waals surface area contributed by atoms with Gasteiger partial charge in [-0.2, -0.15) is 0 Å². The van der Waals surface area contributed by atoms with Gasteiger partial charge in [0.15, 0.2) is 0 Å². The van der Waals surface area contributed by atoms with E-state index in [4.69, 9.17) is 0 Å². The second-order valence-corrected chi connectivity index (χ2v) is 9.08. The monoisotopic (exact) mass is 322 g/mol. The highest BCUT2D eigenvalue weighted by molar-refractivity contribution is 5.28. The van der Waals surface area contributed by atoms with Crippen molar-refractivity contribution in [3.05, 3.63) is 11.6 Å². The fourth-order valence-corrected chi connectivity index (χ4v) is 6.62. The molecule has 0 aromatic heterocycles.